The average Bonchev–Trinajstić information content (AvgIpc) is 2.66. The number of benzene rings is 2. The molecule has 3 rings (SSSR count). The molecule has 2 aromatic rings. The van der Waals surface area contributed by atoms with E-state index >= 15 is 0 Å². The summed E-state index contributed by atoms with van der Waals surface area (Å²) >= 11 is 6.02. The predicted molar refractivity (Wildman–Crippen MR) is 97.7 cm³/mol. The number of hydrogen-bond donors (Lipinski definition) is 2. The van der Waals surface area contributed by atoms with Crippen molar-refractivity contribution in [2.24, 2.45) is 0 Å². The van der Waals surface area contributed by atoms with Gasteiger partial charge in [-0.25, -0.2) is 10.2 Å². The van der Waals surface area contributed by atoms with Crippen LogP contribution in [0.4, 0.5) is 10.5 Å². The lowest BCUT2D eigenvalue weighted by molar-refractivity contribution is 0.0929. The van der Waals surface area contributed by atoms with E-state index < -0.39 is 0 Å². The van der Waals surface area contributed by atoms with Crippen molar-refractivity contribution in [2.45, 2.75) is 0 Å². The Labute approximate surface area is 151 Å². The lowest BCUT2D eigenvalue weighted by Crippen LogP contribution is -2.55. The van der Waals surface area contributed by atoms with Gasteiger partial charge in [0.1, 0.15) is 0 Å². The molecule has 2 aromatic carbocycles. The number of hydrazine groups is 1. The Morgan fingerprint density at radius 2 is 1.60 bits per heavy atom. The maximum atomic E-state index is 12.2. The van der Waals surface area contributed by atoms with Crippen LogP contribution in [0.5, 0.6) is 0 Å². The number of carbonyl (C=O) groups is 2. The molecule has 3 amide bonds. The van der Waals surface area contributed by atoms with E-state index in [4.69, 9.17) is 11.6 Å². The summed E-state index contributed by atoms with van der Waals surface area (Å²) in [5.74, 6) is -0.341. The van der Waals surface area contributed by atoms with Crippen molar-refractivity contribution in [3.8, 4) is 0 Å². The highest BCUT2D eigenvalue weighted by atomic mass is 35.5. The normalized spacial score (nSPS) is 14.1. The number of anilines is 1. The highest BCUT2D eigenvalue weighted by molar-refractivity contribution is 6.30. The molecule has 0 unspecified atom stereocenters. The second-order valence-electron chi connectivity index (χ2n) is 5.70. The van der Waals surface area contributed by atoms with Gasteiger partial charge in [-0.1, -0.05) is 35.9 Å². The van der Waals surface area contributed by atoms with E-state index in [1.165, 1.54) is 0 Å². The third-order valence-corrected chi connectivity index (χ3v) is 4.29. The molecule has 130 valence electrons. The van der Waals surface area contributed by atoms with Crippen LogP contribution >= 0.6 is 11.6 Å². The molecule has 0 spiro atoms. The van der Waals surface area contributed by atoms with E-state index in [9.17, 15) is 9.59 Å². The fourth-order valence-corrected chi connectivity index (χ4v) is 2.88. The SMILES string of the molecule is O=C(NNC(=O)N1CCN(c2cccc(Cl)c2)CC1)c1ccccc1. The lowest BCUT2D eigenvalue weighted by atomic mass is 10.2. The maximum absolute atomic E-state index is 12.2. The fraction of sp³-hybridized carbons (Fsp3) is 0.222. The quantitative estimate of drug-likeness (QED) is 0.811. The van der Waals surface area contributed by atoms with Gasteiger partial charge >= 0.3 is 6.03 Å². The summed E-state index contributed by atoms with van der Waals surface area (Å²) in [5.41, 5.74) is 6.44. The summed E-state index contributed by atoms with van der Waals surface area (Å²) in [4.78, 5) is 28.0. The van der Waals surface area contributed by atoms with Crippen molar-refractivity contribution in [1.29, 1.82) is 0 Å². The van der Waals surface area contributed by atoms with Crippen LogP contribution in [-0.4, -0.2) is 43.0 Å². The van der Waals surface area contributed by atoms with Gasteiger partial charge in [-0.15, -0.1) is 0 Å². The van der Waals surface area contributed by atoms with Crippen molar-refractivity contribution in [1.82, 2.24) is 15.8 Å². The number of piperazine rings is 1. The fourth-order valence-electron chi connectivity index (χ4n) is 2.69. The molecular formula is C18H19ClN4O2. The van der Waals surface area contributed by atoms with E-state index in [0.717, 1.165) is 5.69 Å². The molecule has 6 nitrogen and oxygen atoms in total. The van der Waals surface area contributed by atoms with Gasteiger partial charge in [0.15, 0.2) is 0 Å². The van der Waals surface area contributed by atoms with Gasteiger partial charge in [-0.2, -0.15) is 0 Å². The van der Waals surface area contributed by atoms with Crippen LogP contribution in [-0.2, 0) is 0 Å². The topological polar surface area (TPSA) is 64.7 Å². The first-order valence-electron chi connectivity index (χ1n) is 8.04. The number of hydrogen-bond acceptors (Lipinski definition) is 3. The van der Waals surface area contributed by atoms with Crippen molar-refractivity contribution in [2.75, 3.05) is 31.1 Å². The van der Waals surface area contributed by atoms with Gasteiger partial charge in [0, 0.05) is 42.5 Å². The van der Waals surface area contributed by atoms with E-state index in [-0.39, 0.29) is 11.9 Å². The first-order valence-corrected chi connectivity index (χ1v) is 8.42. The van der Waals surface area contributed by atoms with Crippen LogP contribution in [0.3, 0.4) is 0 Å². The number of carbonyl (C=O) groups excluding carboxylic acids is 2. The molecule has 0 atom stereocenters. The van der Waals surface area contributed by atoms with Crippen molar-refractivity contribution in [3.63, 3.8) is 0 Å². The Bertz CT molecular complexity index is 746. The molecule has 1 aliphatic rings. The van der Waals surface area contributed by atoms with Crippen LogP contribution in [0.25, 0.3) is 0 Å². The van der Waals surface area contributed by atoms with Gasteiger partial charge in [0.2, 0.25) is 0 Å². The minimum Gasteiger partial charge on any atom is -0.368 e. The van der Waals surface area contributed by atoms with Crippen LogP contribution in [0.15, 0.2) is 54.6 Å². The third kappa shape index (κ3) is 4.42. The molecule has 0 aromatic heterocycles. The van der Waals surface area contributed by atoms with Gasteiger partial charge < -0.3 is 9.80 Å². The second-order valence-corrected chi connectivity index (χ2v) is 6.14. The van der Waals surface area contributed by atoms with E-state index in [1.54, 1.807) is 29.2 Å². The van der Waals surface area contributed by atoms with Crippen molar-refractivity contribution < 1.29 is 9.59 Å². The summed E-state index contributed by atoms with van der Waals surface area (Å²) in [6.07, 6.45) is 0. The van der Waals surface area contributed by atoms with Gasteiger partial charge in [-0.3, -0.25) is 10.2 Å². The summed E-state index contributed by atoms with van der Waals surface area (Å²) in [7, 11) is 0. The Hall–Kier alpha value is -2.73. The predicted octanol–water partition coefficient (Wildman–Crippen LogP) is 2.52. The molecule has 0 saturated carbocycles. The van der Waals surface area contributed by atoms with Crippen molar-refractivity contribution in [3.05, 3.63) is 65.2 Å². The minimum atomic E-state index is -0.341. The molecule has 2 N–H and O–H groups in total. The molecule has 1 saturated heterocycles. The summed E-state index contributed by atoms with van der Waals surface area (Å²) in [6, 6.07) is 16.1. The first kappa shape index (κ1) is 17.1. The van der Waals surface area contributed by atoms with Crippen molar-refractivity contribution >= 4 is 29.2 Å². The number of nitrogens with zero attached hydrogens (tertiary/aromatic N) is 2. The Morgan fingerprint density at radius 3 is 2.28 bits per heavy atom. The number of urea groups is 1. The van der Waals surface area contributed by atoms with Gasteiger partial charge in [0.25, 0.3) is 5.91 Å². The van der Waals surface area contributed by atoms with Crippen LogP contribution in [0.1, 0.15) is 10.4 Å². The minimum absolute atomic E-state index is 0.310. The van der Waals surface area contributed by atoms with Gasteiger partial charge in [-0.05, 0) is 30.3 Å². The molecule has 0 radical (unpaired) electrons. The molecular weight excluding hydrogens is 340 g/mol. The number of rotatable bonds is 2. The Balaban J connectivity index is 1.48. The zero-order valence-corrected chi connectivity index (χ0v) is 14.4. The Morgan fingerprint density at radius 1 is 0.880 bits per heavy atom. The molecule has 0 aliphatic carbocycles. The molecule has 25 heavy (non-hydrogen) atoms. The number of amides is 3. The highest BCUT2D eigenvalue weighted by Crippen LogP contribution is 2.20. The van der Waals surface area contributed by atoms with Crippen LogP contribution in [0.2, 0.25) is 5.02 Å². The third-order valence-electron chi connectivity index (χ3n) is 4.06. The van der Waals surface area contributed by atoms with E-state index in [1.807, 2.05) is 30.3 Å². The monoisotopic (exact) mass is 358 g/mol. The van der Waals surface area contributed by atoms with Crippen LogP contribution < -0.4 is 15.8 Å². The van der Waals surface area contributed by atoms with Crippen LogP contribution in [0, 0.1) is 0 Å². The van der Waals surface area contributed by atoms with E-state index in [0.29, 0.717) is 36.8 Å². The zero-order chi connectivity index (χ0) is 17.6. The molecule has 1 aliphatic heterocycles. The maximum Gasteiger partial charge on any atom is 0.336 e. The van der Waals surface area contributed by atoms with Gasteiger partial charge in [0.05, 0.1) is 0 Å². The molecule has 7 heteroatoms. The Kier molecular flexibility index (Phi) is 5.40. The molecule has 1 heterocycles. The summed E-state index contributed by atoms with van der Waals surface area (Å²) < 4.78 is 0. The standard InChI is InChI=1S/C18H19ClN4O2/c19-15-7-4-8-16(13-15)22-9-11-23(12-10-22)18(25)21-20-17(24)14-5-2-1-3-6-14/h1-8,13H,9-12H2,(H,20,24)(H,21,25). The highest BCUT2D eigenvalue weighted by Gasteiger charge is 2.21. The molecule has 0 bridgehead atoms. The average molecular weight is 359 g/mol. The summed E-state index contributed by atoms with van der Waals surface area (Å²) in [5, 5.41) is 0.696. The first-order chi connectivity index (χ1) is 12.1. The number of halogens is 1. The smallest absolute Gasteiger partial charge is 0.336 e. The lowest BCUT2D eigenvalue weighted by Gasteiger charge is -2.36. The number of nitrogens with one attached hydrogen (secondary N) is 2. The zero-order valence-electron chi connectivity index (χ0n) is 13.6. The second kappa shape index (κ2) is 7.90. The van der Waals surface area contributed by atoms with E-state index in [2.05, 4.69) is 15.8 Å². The largest absolute Gasteiger partial charge is 0.368 e. The summed E-state index contributed by atoms with van der Waals surface area (Å²) in [6.45, 7) is 2.56. The molecule has 1 fully saturated rings.